The third-order valence-electron chi connectivity index (χ3n) is 12.2. The smallest absolute Gasteiger partial charge is 0.243 e. The van der Waals surface area contributed by atoms with Gasteiger partial charge in [-0.05, 0) is 86.4 Å². The first kappa shape index (κ1) is 39.9. The van der Waals surface area contributed by atoms with Crippen molar-refractivity contribution in [2.24, 2.45) is 5.92 Å². The summed E-state index contributed by atoms with van der Waals surface area (Å²) in [5.74, 6) is -0.790. The van der Waals surface area contributed by atoms with Gasteiger partial charge in [-0.3, -0.25) is 39.0 Å². The van der Waals surface area contributed by atoms with E-state index in [1.807, 2.05) is 29.2 Å². The van der Waals surface area contributed by atoms with Crippen LogP contribution in [0, 0.1) is 11.7 Å². The number of aromatic nitrogens is 3. The van der Waals surface area contributed by atoms with Crippen molar-refractivity contribution in [1.29, 1.82) is 0 Å². The summed E-state index contributed by atoms with van der Waals surface area (Å²) in [4.78, 5) is 60.1. The van der Waals surface area contributed by atoms with Gasteiger partial charge >= 0.3 is 0 Å². The van der Waals surface area contributed by atoms with Crippen LogP contribution in [-0.2, 0) is 25.7 Å². The SMILES string of the molecule is C[C@@H](Oc1cc(-c2cnn(C3CCC(CN4CCN(c5ccc6c(c5)C(C(=O)C=O)N(C5CCC(=O)NC5=O)C6)CC4)CC3)c2)cnc1N)c1c(Cl)ccc(F)c1Cl. The highest BCUT2D eigenvalue weighted by molar-refractivity contribution is 6.36. The number of nitrogens with two attached hydrogens (primary N) is 1. The number of aldehydes is 1. The Morgan fingerprint density at radius 2 is 1.81 bits per heavy atom. The molecule has 16 heteroatoms. The van der Waals surface area contributed by atoms with Crippen LogP contribution in [0.5, 0.6) is 5.75 Å². The van der Waals surface area contributed by atoms with Gasteiger partial charge in [0.05, 0.1) is 23.3 Å². The van der Waals surface area contributed by atoms with Crippen molar-refractivity contribution in [3.05, 3.63) is 87.5 Å². The number of nitrogens with one attached hydrogen (secondary N) is 1. The Balaban J connectivity index is 0.837. The maximum absolute atomic E-state index is 14.2. The van der Waals surface area contributed by atoms with Crippen molar-refractivity contribution >= 4 is 58.6 Å². The molecule has 2 amide bonds. The van der Waals surface area contributed by atoms with Gasteiger partial charge in [0.25, 0.3) is 0 Å². The molecule has 2 unspecified atom stereocenters. The molecule has 304 valence electrons. The number of carbonyl (C=O) groups excluding carboxylic acids is 4. The van der Waals surface area contributed by atoms with E-state index in [1.165, 1.54) is 12.1 Å². The highest BCUT2D eigenvalue weighted by Gasteiger charge is 2.43. The third-order valence-corrected chi connectivity index (χ3v) is 12.9. The van der Waals surface area contributed by atoms with Gasteiger partial charge < -0.3 is 15.4 Å². The quantitative estimate of drug-likeness (QED) is 0.0780. The second-order valence-electron chi connectivity index (χ2n) is 15.7. The summed E-state index contributed by atoms with van der Waals surface area (Å²) in [5.41, 5.74) is 10.8. The lowest BCUT2D eigenvalue weighted by Crippen LogP contribution is -2.52. The topological polar surface area (TPSA) is 156 Å². The van der Waals surface area contributed by atoms with Gasteiger partial charge in [0.2, 0.25) is 17.6 Å². The van der Waals surface area contributed by atoms with Crippen molar-refractivity contribution in [1.82, 2.24) is 29.9 Å². The van der Waals surface area contributed by atoms with Gasteiger partial charge in [0.1, 0.15) is 18.0 Å². The van der Waals surface area contributed by atoms with Gasteiger partial charge in [-0.1, -0.05) is 29.3 Å². The molecule has 0 spiro atoms. The summed E-state index contributed by atoms with van der Waals surface area (Å²) < 4.78 is 22.3. The second kappa shape index (κ2) is 16.8. The number of Topliss-reactive ketones (excluding diaryl/α,β-unsaturated/α-hetero) is 1. The van der Waals surface area contributed by atoms with Gasteiger partial charge in [-0.2, -0.15) is 5.10 Å². The number of nitrogen functional groups attached to an aromatic ring is 1. The Bertz CT molecular complexity index is 2240. The summed E-state index contributed by atoms with van der Waals surface area (Å²) in [6.45, 7) is 6.64. The van der Waals surface area contributed by atoms with Gasteiger partial charge in [0.15, 0.2) is 17.9 Å². The first-order chi connectivity index (χ1) is 28.0. The highest BCUT2D eigenvalue weighted by Crippen LogP contribution is 2.41. The Morgan fingerprint density at radius 3 is 2.55 bits per heavy atom. The molecule has 0 bridgehead atoms. The van der Waals surface area contributed by atoms with Crippen LogP contribution < -0.4 is 20.7 Å². The van der Waals surface area contributed by atoms with Crippen LogP contribution in [0.15, 0.2) is 55.0 Å². The molecule has 13 nitrogen and oxygen atoms in total. The lowest BCUT2D eigenvalue weighted by atomic mass is 9.85. The zero-order valence-electron chi connectivity index (χ0n) is 32.1. The van der Waals surface area contributed by atoms with E-state index in [1.54, 1.807) is 24.1 Å². The maximum atomic E-state index is 14.2. The van der Waals surface area contributed by atoms with E-state index in [4.69, 9.17) is 38.8 Å². The van der Waals surface area contributed by atoms with Crippen molar-refractivity contribution in [3.63, 3.8) is 0 Å². The first-order valence-electron chi connectivity index (χ1n) is 19.8. The molecule has 4 aliphatic rings. The molecule has 3 fully saturated rings. The average molecular weight is 832 g/mol. The average Bonchev–Trinajstić information content (AvgIpc) is 3.86. The number of piperazine rings is 1. The number of nitrogens with zero attached hydrogens (tertiary/aromatic N) is 6. The highest BCUT2D eigenvalue weighted by atomic mass is 35.5. The number of hydrogen-bond acceptors (Lipinski definition) is 11. The molecule has 0 radical (unpaired) electrons. The second-order valence-corrected chi connectivity index (χ2v) is 16.5. The number of hydrogen-bond donors (Lipinski definition) is 2. The fourth-order valence-electron chi connectivity index (χ4n) is 9.02. The Hall–Kier alpha value is -4.89. The predicted molar refractivity (Wildman–Crippen MR) is 217 cm³/mol. The van der Waals surface area contributed by atoms with Crippen LogP contribution in [0.1, 0.15) is 80.3 Å². The lowest BCUT2D eigenvalue weighted by Gasteiger charge is -2.39. The molecule has 3 aliphatic heterocycles. The molecule has 5 heterocycles. The number of ether oxygens (including phenoxy) is 1. The van der Waals surface area contributed by atoms with Crippen LogP contribution in [0.25, 0.3) is 11.1 Å². The standard InChI is InChI=1S/C42H45Cl2FN8O5/c1-24(38-32(43)8-9-33(45)39(38)44)58-36-16-27(18-47-41(36)46)28-19-48-53(22-28)29-5-2-25(3-6-29)20-50-12-14-51(15-13-50)30-7-4-26-21-52(34-10-11-37(56)49-42(34)57)40(31(26)17-30)35(55)23-54/h4,7-9,16-19,22-25,29,34,40H,2-3,5-6,10-15,20-21H2,1H3,(H2,46,47)(H,49,56,57)/t24-,25?,29?,34?,40?/m1/s1. The number of halogens is 3. The van der Waals surface area contributed by atoms with E-state index in [0.29, 0.717) is 41.5 Å². The first-order valence-corrected chi connectivity index (χ1v) is 20.5. The number of imide groups is 1. The molecule has 3 N–H and O–H groups in total. The Labute approximate surface area is 345 Å². The lowest BCUT2D eigenvalue weighted by molar-refractivity contribution is -0.141. The van der Waals surface area contributed by atoms with Crippen molar-refractivity contribution in [2.75, 3.05) is 43.4 Å². The number of piperidine rings is 1. The fraction of sp³-hybridized carbons (Fsp3) is 0.429. The van der Waals surface area contributed by atoms with Crippen LogP contribution >= 0.6 is 23.2 Å². The van der Waals surface area contributed by atoms with Crippen molar-refractivity contribution < 1.29 is 28.3 Å². The minimum absolute atomic E-state index is 0.0945. The molecule has 8 rings (SSSR count). The summed E-state index contributed by atoms with van der Waals surface area (Å²) in [6.07, 6.45) is 9.97. The van der Waals surface area contributed by atoms with Gasteiger partial charge in [-0.15, -0.1) is 0 Å². The zero-order chi connectivity index (χ0) is 40.7. The molecular weight excluding hydrogens is 786 g/mol. The third kappa shape index (κ3) is 8.07. The molecule has 3 atom stereocenters. The molecule has 4 aromatic rings. The maximum Gasteiger partial charge on any atom is 0.243 e. The summed E-state index contributed by atoms with van der Waals surface area (Å²) in [7, 11) is 0. The Kier molecular flexibility index (Phi) is 11.5. The molecular formula is C42H45Cl2FN8O5. The molecule has 2 aromatic carbocycles. The summed E-state index contributed by atoms with van der Waals surface area (Å²) >= 11 is 12.5. The number of ketones is 1. The summed E-state index contributed by atoms with van der Waals surface area (Å²) in [6, 6.07) is 9.32. The monoisotopic (exact) mass is 830 g/mol. The Morgan fingerprint density at radius 1 is 1.03 bits per heavy atom. The normalized spacial score (nSPS) is 23.3. The molecule has 58 heavy (non-hydrogen) atoms. The molecule has 1 aliphatic carbocycles. The number of fused-ring (bicyclic) bond motifs is 1. The number of anilines is 2. The molecule has 2 saturated heterocycles. The molecule has 1 saturated carbocycles. The van der Waals surface area contributed by atoms with Gasteiger partial charge in [-0.25, -0.2) is 9.37 Å². The van der Waals surface area contributed by atoms with Crippen molar-refractivity contribution in [3.8, 4) is 16.9 Å². The van der Waals surface area contributed by atoms with E-state index >= 15 is 0 Å². The van der Waals surface area contributed by atoms with Gasteiger partial charge in [0, 0.05) is 85.5 Å². The van der Waals surface area contributed by atoms with E-state index in [-0.39, 0.29) is 29.2 Å². The number of benzene rings is 2. The van der Waals surface area contributed by atoms with E-state index in [0.717, 1.165) is 86.3 Å². The summed E-state index contributed by atoms with van der Waals surface area (Å²) in [5, 5.41) is 7.30. The predicted octanol–water partition coefficient (Wildman–Crippen LogP) is 6.10. The number of amides is 2. The van der Waals surface area contributed by atoms with E-state index < -0.39 is 35.7 Å². The zero-order valence-corrected chi connectivity index (χ0v) is 33.6. The van der Waals surface area contributed by atoms with E-state index in [9.17, 15) is 23.6 Å². The molecule has 2 aromatic heterocycles. The largest absolute Gasteiger partial charge is 0.482 e. The van der Waals surface area contributed by atoms with E-state index in [2.05, 4.69) is 26.2 Å². The fourth-order valence-corrected chi connectivity index (χ4v) is 9.70. The number of rotatable bonds is 11. The van der Waals surface area contributed by atoms with Crippen LogP contribution in [0.2, 0.25) is 10.0 Å². The van der Waals surface area contributed by atoms with Crippen molar-refractivity contribution in [2.45, 2.75) is 76.2 Å². The van der Waals surface area contributed by atoms with Crippen LogP contribution in [0.4, 0.5) is 15.9 Å². The van der Waals surface area contributed by atoms with Crippen LogP contribution in [-0.4, -0.2) is 87.2 Å². The van der Waals surface area contributed by atoms with Crippen LogP contribution in [0.3, 0.4) is 0 Å². The minimum atomic E-state index is -0.840. The minimum Gasteiger partial charge on any atom is -0.482 e. The number of pyridine rings is 1. The number of carbonyl (C=O) groups is 4.